The van der Waals surface area contributed by atoms with Crippen molar-refractivity contribution in [1.82, 2.24) is 14.9 Å². The molecule has 1 aliphatic heterocycles. The first kappa shape index (κ1) is 15.4. The first-order valence-electron chi connectivity index (χ1n) is 9.15. The number of hydrogen-bond donors (Lipinski definition) is 2. The summed E-state index contributed by atoms with van der Waals surface area (Å²) in [6.45, 7) is 0.637. The zero-order chi connectivity index (χ0) is 17.3. The molecule has 1 aromatic rings. The first-order chi connectivity index (χ1) is 12.0. The predicted octanol–water partition coefficient (Wildman–Crippen LogP) is 0.747. The van der Waals surface area contributed by atoms with Gasteiger partial charge in [0.25, 0.3) is 5.56 Å². The summed E-state index contributed by atoms with van der Waals surface area (Å²) in [5.74, 6) is 1.75. The minimum absolute atomic E-state index is 0.165. The summed E-state index contributed by atoms with van der Waals surface area (Å²) in [5.41, 5.74) is -0.0653. The van der Waals surface area contributed by atoms with Gasteiger partial charge in [-0.15, -0.1) is 0 Å². The van der Waals surface area contributed by atoms with E-state index in [0.717, 1.165) is 19.3 Å². The van der Waals surface area contributed by atoms with E-state index in [4.69, 9.17) is 4.74 Å². The molecule has 0 aromatic carbocycles. The van der Waals surface area contributed by atoms with Crippen LogP contribution in [0.2, 0.25) is 0 Å². The molecule has 6 rings (SSSR count). The third kappa shape index (κ3) is 2.11. The molecule has 7 nitrogen and oxygen atoms in total. The maximum atomic E-state index is 13.4. The Morgan fingerprint density at radius 2 is 1.84 bits per heavy atom. The number of nitrogens with zero attached hydrogens (tertiary/aromatic N) is 1. The number of H-pyrrole nitrogens is 2. The Bertz CT molecular complexity index is 841. The molecular weight excluding hydrogens is 322 g/mol. The Kier molecular flexibility index (Phi) is 3.11. The number of carbonyl (C=O) groups excluding carboxylic acids is 1. The average molecular weight is 345 g/mol. The van der Waals surface area contributed by atoms with Gasteiger partial charge in [0.15, 0.2) is 0 Å². The number of aromatic nitrogens is 2. The second-order valence-electron chi connectivity index (χ2n) is 8.48. The summed E-state index contributed by atoms with van der Waals surface area (Å²) in [7, 11) is 1.79. The van der Waals surface area contributed by atoms with Gasteiger partial charge >= 0.3 is 5.69 Å². The molecule has 5 aliphatic rings. The topological polar surface area (TPSA) is 95.3 Å². The summed E-state index contributed by atoms with van der Waals surface area (Å²) in [4.78, 5) is 43.6. The maximum absolute atomic E-state index is 13.4. The molecule has 4 aliphatic carbocycles. The monoisotopic (exact) mass is 345 g/mol. The number of hydrogen-bond acceptors (Lipinski definition) is 4. The van der Waals surface area contributed by atoms with E-state index in [0.29, 0.717) is 48.2 Å². The van der Waals surface area contributed by atoms with E-state index in [-0.39, 0.29) is 16.9 Å². The highest BCUT2D eigenvalue weighted by atomic mass is 16.5. The molecule has 0 spiro atoms. The van der Waals surface area contributed by atoms with Crippen LogP contribution in [0.25, 0.3) is 0 Å². The van der Waals surface area contributed by atoms with Crippen molar-refractivity contribution in [2.75, 3.05) is 7.11 Å². The first-order valence-corrected chi connectivity index (χ1v) is 9.15. The number of amides is 1. The van der Waals surface area contributed by atoms with E-state index in [1.54, 1.807) is 12.0 Å². The van der Waals surface area contributed by atoms with Gasteiger partial charge in [0.2, 0.25) is 5.91 Å². The molecule has 0 saturated heterocycles. The van der Waals surface area contributed by atoms with Gasteiger partial charge in [0.05, 0.1) is 30.2 Å². The summed E-state index contributed by atoms with van der Waals surface area (Å²) in [6, 6.07) is 0. The lowest BCUT2D eigenvalue weighted by molar-refractivity contribution is -0.177. The van der Waals surface area contributed by atoms with Crippen LogP contribution in [0.3, 0.4) is 0 Å². The van der Waals surface area contributed by atoms with E-state index >= 15 is 0 Å². The van der Waals surface area contributed by atoms with Crippen molar-refractivity contribution in [2.45, 2.75) is 51.3 Å². The van der Waals surface area contributed by atoms with E-state index in [2.05, 4.69) is 9.97 Å². The van der Waals surface area contributed by atoms with Gasteiger partial charge in [-0.3, -0.25) is 14.6 Å². The van der Waals surface area contributed by atoms with Crippen molar-refractivity contribution >= 4 is 5.91 Å². The maximum Gasteiger partial charge on any atom is 0.325 e. The normalized spacial score (nSPS) is 38.2. The van der Waals surface area contributed by atoms with E-state index < -0.39 is 5.69 Å². The van der Waals surface area contributed by atoms with Crippen molar-refractivity contribution in [3.8, 4) is 0 Å². The number of aromatic amines is 2. The average Bonchev–Trinajstić information content (AvgIpc) is 2.97. The van der Waals surface area contributed by atoms with Crippen LogP contribution in [0.15, 0.2) is 9.59 Å². The van der Waals surface area contributed by atoms with Crippen LogP contribution in [-0.2, 0) is 22.6 Å². The fraction of sp³-hybridized carbons (Fsp3) is 0.722. The van der Waals surface area contributed by atoms with Crippen LogP contribution in [0.1, 0.15) is 43.4 Å². The number of carbonyl (C=O) groups is 1. The zero-order valence-corrected chi connectivity index (χ0v) is 14.3. The van der Waals surface area contributed by atoms with Gasteiger partial charge in [-0.05, 0) is 49.9 Å². The number of ether oxygens (including phenoxy) is 1. The van der Waals surface area contributed by atoms with Crippen molar-refractivity contribution in [1.29, 1.82) is 0 Å². The SMILES string of the molecule is COC1C2CC3CC1CC(C(=O)N1Cc4[nH]c(=O)[nH]c(=O)c4C1)(C3)C2. The molecule has 7 heteroatoms. The quantitative estimate of drug-likeness (QED) is 0.827. The molecule has 4 saturated carbocycles. The van der Waals surface area contributed by atoms with Crippen LogP contribution in [0.5, 0.6) is 0 Å². The number of nitrogens with one attached hydrogen (secondary N) is 2. The summed E-state index contributed by atoms with van der Waals surface area (Å²) in [6.07, 6.45) is 5.42. The minimum Gasteiger partial charge on any atom is -0.381 e. The fourth-order valence-electron chi connectivity index (χ4n) is 6.40. The van der Waals surface area contributed by atoms with Crippen LogP contribution < -0.4 is 11.2 Å². The molecule has 4 bridgehead atoms. The minimum atomic E-state index is -0.504. The second-order valence-corrected chi connectivity index (χ2v) is 8.48. The molecule has 1 aromatic heterocycles. The highest BCUT2D eigenvalue weighted by Gasteiger charge is 2.59. The Morgan fingerprint density at radius 1 is 1.12 bits per heavy atom. The van der Waals surface area contributed by atoms with Crippen molar-refractivity contribution in [3.05, 3.63) is 32.1 Å². The van der Waals surface area contributed by atoms with Gasteiger partial charge in [-0.2, -0.15) is 0 Å². The van der Waals surface area contributed by atoms with Crippen LogP contribution in [-0.4, -0.2) is 34.0 Å². The Labute approximate surface area is 144 Å². The van der Waals surface area contributed by atoms with Gasteiger partial charge in [-0.1, -0.05) is 0 Å². The molecule has 0 radical (unpaired) electrons. The van der Waals surface area contributed by atoms with Gasteiger partial charge in [-0.25, -0.2) is 4.79 Å². The largest absolute Gasteiger partial charge is 0.381 e. The Morgan fingerprint density at radius 3 is 2.52 bits per heavy atom. The van der Waals surface area contributed by atoms with Gasteiger partial charge < -0.3 is 14.6 Å². The standard InChI is InChI=1S/C18H23N3O4/c1-25-14-10-2-9-3-11(14)6-18(4-9,5-10)16(23)21-7-12-13(8-21)19-17(24)20-15(12)22/h9-11,14H,2-8H2,1H3,(H2,19,20,22,24). The lowest BCUT2D eigenvalue weighted by Gasteiger charge is -2.59. The van der Waals surface area contributed by atoms with E-state index in [1.165, 1.54) is 12.8 Å². The van der Waals surface area contributed by atoms with Crippen molar-refractivity contribution in [2.24, 2.45) is 23.2 Å². The van der Waals surface area contributed by atoms with E-state index in [9.17, 15) is 14.4 Å². The van der Waals surface area contributed by atoms with E-state index in [1.807, 2.05) is 0 Å². The number of fused-ring (bicyclic) bond motifs is 1. The number of methoxy groups -OCH3 is 1. The highest BCUT2D eigenvalue weighted by Crippen LogP contribution is 2.61. The molecular formula is C18H23N3O4. The molecule has 25 heavy (non-hydrogen) atoms. The predicted molar refractivity (Wildman–Crippen MR) is 88.7 cm³/mol. The molecule has 2 heterocycles. The third-order valence-electron chi connectivity index (χ3n) is 7.03. The third-order valence-corrected chi connectivity index (χ3v) is 7.03. The smallest absolute Gasteiger partial charge is 0.325 e. The van der Waals surface area contributed by atoms with Crippen LogP contribution in [0.4, 0.5) is 0 Å². The molecule has 4 fully saturated rings. The summed E-state index contributed by atoms with van der Waals surface area (Å²) < 4.78 is 5.75. The molecule has 2 atom stereocenters. The highest BCUT2D eigenvalue weighted by molar-refractivity contribution is 5.84. The molecule has 134 valence electrons. The lowest BCUT2D eigenvalue weighted by Crippen LogP contribution is -2.58. The Hall–Kier alpha value is -1.89. The summed E-state index contributed by atoms with van der Waals surface area (Å²) >= 11 is 0. The zero-order valence-electron chi connectivity index (χ0n) is 14.3. The van der Waals surface area contributed by atoms with Gasteiger partial charge in [0, 0.05) is 12.8 Å². The Balaban J connectivity index is 1.44. The molecule has 1 amide bonds. The number of rotatable bonds is 2. The molecule has 2 N–H and O–H groups in total. The van der Waals surface area contributed by atoms with Crippen molar-refractivity contribution in [3.63, 3.8) is 0 Å². The fourth-order valence-corrected chi connectivity index (χ4v) is 6.40. The second kappa shape index (κ2) is 5.06. The van der Waals surface area contributed by atoms with Crippen LogP contribution in [0, 0.1) is 23.2 Å². The lowest BCUT2D eigenvalue weighted by atomic mass is 9.48. The van der Waals surface area contributed by atoms with Gasteiger partial charge in [0.1, 0.15) is 0 Å². The van der Waals surface area contributed by atoms with Crippen molar-refractivity contribution < 1.29 is 9.53 Å². The molecule has 2 unspecified atom stereocenters. The van der Waals surface area contributed by atoms with Crippen LogP contribution >= 0.6 is 0 Å². The summed E-state index contributed by atoms with van der Waals surface area (Å²) in [5, 5.41) is 0.